The maximum Gasteiger partial charge on any atom is 0.413 e. The van der Waals surface area contributed by atoms with Gasteiger partial charge in [0.15, 0.2) is 0 Å². The Morgan fingerprint density at radius 3 is 2.68 bits per heavy atom. The van der Waals surface area contributed by atoms with Crippen molar-refractivity contribution in [1.29, 1.82) is 0 Å². The maximum atomic E-state index is 12.1. The summed E-state index contributed by atoms with van der Waals surface area (Å²) in [6, 6.07) is 7.47. The second-order valence-electron chi connectivity index (χ2n) is 5.39. The van der Waals surface area contributed by atoms with Crippen molar-refractivity contribution in [2.45, 2.75) is 39.1 Å². The lowest BCUT2D eigenvalue weighted by atomic mass is 10.1. The van der Waals surface area contributed by atoms with Gasteiger partial charge in [-0.05, 0) is 26.3 Å². The summed E-state index contributed by atoms with van der Waals surface area (Å²) in [5.41, 5.74) is 1.19. The molecule has 1 unspecified atom stereocenters. The van der Waals surface area contributed by atoms with Gasteiger partial charge in [0.05, 0.1) is 6.54 Å². The molecular formula is C14H17NO4. The van der Waals surface area contributed by atoms with Gasteiger partial charge in [0, 0.05) is 5.56 Å². The van der Waals surface area contributed by atoms with E-state index in [2.05, 4.69) is 0 Å². The van der Waals surface area contributed by atoms with Gasteiger partial charge in [-0.2, -0.15) is 0 Å². The molecule has 0 fully saturated rings. The molecule has 0 N–H and O–H groups in total. The monoisotopic (exact) mass is 263 g/mol. The quantitative estimate of drug-likeness (QED) is 0.770. The average Bonchev–Trinajstić information content (AvgIpc) is 2.67. The molecule has 0 spiro atoms. The van der Waals surface area contributed by atoms with Crippen molar-refractivity contribution >= 4 is 12.6 Å². The molecule has 0 bridgehead atoms. The number of hydrogen-bond donors (Lipinski definition) is 0. The minimum atomic E-state index is -0.705. The lowest BCUT2D eigenvalue weighted by molar-refractivity contribution is -0.142. The topological polar surface area (TPSA) is 55.8 Å². The number of hydrogen-bond acceptors (Lipinski definition) is 4. The Balaban J connectivity index is 2.23. The molecule has 0 aromatic heterocycles. The van der Waals surface area contributed by atoms with Gasteiger partial charge in [-0.3, -0.25) is 9.69 Å². The highest BCUT2D eigenvalue weighted by Crippen LogP contribution is 2.34. The van der Waals surface area contributed by atoms with Crippen LogP contribution in [0.25, 0.3) is 0 Å². The lowest BCUT2D eigenvalue weighted by Gasteiger charge is -2.27. The van der Waals surface area contributed by atoms with E-state index in [1.165, 1.54) is 4.90 Å². The molecular weight excluding hydrogens is 246 g/mol. The zero-order valence-corrected chi connectivity index (χ0v) is 11.3. The van der Waals surface area contributed by atoms with Gasteiger partial charge < -0.3 is 9.47 Å². The summed E-state index contributed by atoms with van der Waals surface area (Å²) >= 11 is 0. The van der Waals surface area contributed by atoms with E-state index in [0.717, 1.165) is 11.1 Å². The minimum absolute atomic E-state index is 0.351. The molecule has 0 saturated carbocycles. The van der Waals surface area contributed by atoms with Crippen LogP contribution >= 0.6 is 0 Å². The predicted octanol–water partition coefficient (Wildman–Crippen LogP) is 2.61. The second-order valence-corrected chi connectivity index (χ2v) is 5.39. The fourth-order valence-electron chi connectivity index (χ4n) is 2.03. The van der Waals surface area contributed by atoms with Gasteiger partial charge in [-0.15, -0.1) is 0 Å². The third kappa shape index (κ3) is 2.86. The number of carbonyl (C=O) groups is 2. The summed E-state index contributed by atoms with van der Waals surface area (Å²) < 4.78 is 10.3. The molecule has 1 aliphatic rings. The summed E-state index contributed by atoms with van der Waals surface area (Å²) in [5.74, 6) is 0. The standard InChI is InChI=1S/C14H17NO4/c1-14(2,3)19-13(17)15-8-10-6-4-5-7-11(10)12(15)18-9-16/h4-7,9,12H,8H2,1-3H3. The smallest absolute Gasteiger partial charge is 0.413 e. The minimum Gasteiger partial charge on any atom is -0.444 e. The lowest BCUT2D eigenvalue weighted by Crippen LogP contribution is -2.36. The number of ether oxygens (including phenoxy) is 2. The molecule has 1 heterocycles. The van der Waals surface area contributed by atoms with E-state index in [4.69, 9.17) is 9.47 Å². The molecule has 19 heavy (non-hydrogen) atoms. The van der Waals surface area contributed by atoms with E-state index in [1.807, 2.05) is 24.3 Å². The highest BCUT2D eigenvalue weighted by Gasteiger charge is 2.37. The first kappa shape index (κ1) is 13.4. The fraction of sp³-hybridized carbons (Fsp3) is 0.429. The predicted molar refractivity (Wildman–Crippen MR) is 68.1 cm³/mol. The van der Waals surface area contributed by atoms with E-state index in [0.29, 0.717) is 13.0 Å². The van der Waals surface area contributed by atoms with Gasteiger partial charge >= 0.3 is 6.09 Å². The van der Waals surface area contributed by atoms with Gasteiger partial charge in [-0.25, -0.2) is 4.79 Å². The molecule has 5 nitrogen and oxygen atoms in total. The van der Waals surface area contributed by atoms with Gasteiger partial charge in [0.2, 0.25) is 6.23 Å². The molecule has 1 aliphatic heterocycles. The number of rotatable bonds is 2. The van der Waals surface area contributed by atoms with E-state index in [1.54, 1.807) is 20.8 Å². The fourth-order valence-corrected chi connectivity index (χ4v) is 2.03. The van der Waals surface area contributed by atoms with Crippen LogP contribution in [0.3, 0.4) is 0 Å². The van der Waals surface area contributed by atoms with Gasteiger partial charge in [0.1, 0.15) is 5.60 Å². The molecule has 0 radical (unpaired) electrons. The third-order valence-corrected chi connectivity index (χ3v) is 2.76. The molecule has 1 aromatic carbocycles. The Labute approximate surface area is 112 Å². The highest BCUT2D eigenvalue weighted by atomic mass is 16.6. The molecule has 1 atom stereocenters. The van der Waals surface area contributed by atoms with Crippen molar-refractivity contribution in [2.75, 3.05) is 0 Å². The van der Waals surface area contributed by atoms with Crippen LogP contribution in [0.5, 0.6) is 0 Å². The molecule has 5 heteroatoms. The Bertz CT molecular complexity index is 492. The second kappa shape index (κ2) is 4.91. The van der Waals surface area contributed by atoms with Gasteiger partial charge in [-0.1, -0.05) is 24.3 Å². The first-order chi connectivity index (χ1) is 8.92. The van der Waals surface area contributed by atoms with E-state index in [-0.39, 0.29) is 0 Å². The number of carbonyl (C=O) groups excluding carboxylic acids is 2. The number of nitrogens with zero attached hydrogens (tertiary/aromatic N) is 1. The summed E-state index contributed by atoms with van der Waals surface area (Å²) in [7, 11) is 0. The maximum absolute atomic E-state index is 12.1. The Kier molecular flexibility index (Phi) is 3.46. The number of amides is 1. The van der Waals surface area contributed by atoms with Crippen LogP contribution in [0.1, 0.15) is 38.1 Å². The molecule has 102 valence electrons. The van der Waals surface area contributed by atoms with Crippen LogP contribution < -0.4 is 0 Å². The van der Waals surface area contributed by atoms with E-state index < -0.39 is 17.9 Å². The van der Waals surface area contributed by atoms with Crippen LogP contribution in [0.2, 0.25) is 0 Å². The van der Waals surface area contributed by atoms with Gasteiger partial charge in [0.25, 0.3) is 6.47 Å². The van der Waals surface area contributed by atoms with Crippen molar-refractivity contribution in [1.82, 2.24) is 4.90 Å². The average molecular weight is 263 g/mol. The van der Waals surface area contributed by atoms with E-state index >= 15 is 0 Å². The zero-order chi connectivity index (χ0) is 14.0. The van der Waals surface area contributed by atoms with Crippen LogP contribution in [0.15, 0.2) is 24.3 Å². The largest absolute Gasteiger partial charge is 0.444 e. The van der Waals surface area contributed by atoms with Crippen LogP contribution in [0, 0.1) is 0 Å². The summed E-state index contributed by atoms with van der Waals surface area (Å²) in [4.78, 5) is 24.2. The third-order valence-electron chi connectivity index (χ3n) is 2.76. The van der Waals surface area contributed by atoms with Crippen LogP contribution in [-0.2, 0) is 20.8 Å². The summed E-state index contributed by atoms with van der Waals surface area (Å²) in [6.45, 7) is 6.12. The van der Waals surface area contributed by atoms with Crippen molar-refractivity contribution in [2.24, 2.45) is 0 Å². The Hall–Kier alpha value is -2.04. The normalized spacial score (nSPS) is 17.8. The summed E-state index contributed by atoms with van der Waals surface area (Å²) in [5, 5.41) is 0. The number of benzene rings is 1. The van der Waals surface area contributed by atoms with Crippen molar-refractivity contribution in [3.05, 3.63) is 35.4 Å². The molecule has 1 aromatic rings. The molecule has 2 rings (SSSR count). The zero-order valence-electron chi connectivity index (χ0n) is 11.3. The molecule has 0 aliphatic carbocycles. The number of fused-ring (bicyclic) bond motifs is 1. The van der Waals surface area contributed by atoms with E-state index in [9.17, 15) is 9.59 Å². The first-order valence-corrected chi connectivity index (χ1v) is 6.09. The summed E-state index contributed by atoms with van der Waals surface area (Å²) in [6.07, 6.45) is -1.20. The van der Waals surface area contributed by atoms with Crippen molar-refractivity contribution in [3.63, 3.8) is 0 Å². The Morgan fingerprint density at radius 1 is 1.37 bits per heavy atom. The Morgan fingerprint density at radius 2 is 2.05 bits per heavy atom. The van der Waals surface area contributed by atoms with Crippen LogP contribution in [0.4, 0.5) is 4.79 Å². The highest BCUT2D eigenvalue weighted by molar-refractivity contribution is 5.70. The van der Waals surface area contributed by atoms with Crippen molar-refractivity contribution < 1.29 is 19.1 Å². The molecule has 1 amide bonds. The SMILES string of the molecule is CC(C)(C)OC(=O)N1Cc2ccccc2C1OC=O. The first-order valence-electron chi connectivity index (χ1n) is 6.09. The molecule has 0 saturated heterocycles. The van der Waals surface area contributed by atoms with Crippen LogP contribution in [-0.4, -0.2) is 23.1 Å². The van der Waals surface area contributed by atoms with Crippen molar-refractivity contribution in [3.8, 4) is 0 Å².